The van der Waals surface area contributed by atoms with E-state index in [1.165, 1.54) is 0 Å². The van der Waals surface area contributed by atoms with Gasteiger partial charge >= 0.3 is 5.97 Å². The van der Waals surface area contributed by atoms with Gasteiger partial charge in [-0.25, -0.2) is 9.78 Å². The summed E-state index contributed by atoms with van der Waals surface area (Å²) in [5, 5.41) is 9.73. The molecule has 0 bridgehead atoms. The average Bonchev–Trinajstić information content (AvgIpc) is 2.82. The van der Waals surface area contributed by atoms with Crippen LogP contribution in [0.2, 0.25) is 0 Å². The normalized spacial score (nSPS) is 18.8. The van der Waals surface area contributed by atoms with E-state index in [0.29, 0.717) is 23.6 Å². The Morgan fingerprint density at radius 3 is 2.60 bits per heavy atom. The first-order valence-corrected chi connectivity index (χ1v) is 8.49. The molecular formula is C19H21N3O3. The lowest BCUT2D eigenvalue weighted by Crippen LogP contribution is -2.45. The topological polar surface area (TPSA) is 75.4 Å². The van der Waals surface area contributed by atoms with Gasteiger partial charge in [-0.05, 0) is 25.0 Å². The summed E-state index contributed by atoms with van der Waals surface area (Å²) < 4.78 is 1.92. The van der Waals surface area contributed by atoms with Crippen LogP contribution in [0.5, 0.6) is 0 Å². The fourth-order valence-corrected chi connectivity index (χ4v) is 3.82. The van der Waals surface area contributed by atoms with Crippen molar-refractivity contribution in [3.63, 3.8) is 0 Å². The predicted molar refractivity (Wildman–Crippen MR) is 92.4 cm³/mol. The van der Waals surface area contributed by atoms with Gasteiger partial charge < -0.3 is 10.0 Å². The quantitative estimate of drug-likeness (QED) is 0.866. The van der Waals surface area contributed by atoms with Gasteiger partial charge in [0.25, 0.3) is 5.91 Å². The molecule has 1 aromatic heterocycles. The minimum absolute atomic E-state index is 0.0238. The van der Waals surface area contributed by atoms with Gasteiger partial charge in [-0.2, -0.15) is 0 Å². The van der Waals surface area contributed by atoms with Crippen LogP contribution >= 0.6 is 0 Å². The Balaban J connectivity index is 2.15. The van der Waals surface area contributed by atoms with Crippen LogP contribution in [0, 0.1) is 6.92 Å². The van der Waals surface area contributed by atoms with Crippen molar-refractivity contribution in [2.45, 2.75) is 45.6 Å². The Hall–Kier alpha value is -2.63. The SMILES string of the molecule is Cc1cccc2c1C(=O)N1CC[C@H]1c1c(C(=O)O)nc(C(C)(C)C)n1-2. The highest BCUT2D eigenvalue weighted by Gasteiger charge is 2.45. The Bertz CT molecular complexity index is 921. The zero-order valence-corrected chi connectivity index (χ0v) is 14.8. The fourth-order valence-electron chi connectivity index (χ4n) is 3.82. The highest BCUT2D eigenvalue weighted by molar-refractivity contribution is 6.01. The van der Waals surface area contributed by atoms with Crippen LogP contribution < -0.4 is 0 Å². The molecule has 25 heavy (non-hydrogen) atoms. The van der Waals surface area contributed by atoms with Gasteiger partial charge in [0.15, 0.2) is 5.69 Å². The summed E-state index contributed by atoms with van der Waals surface area (Å²) in [6.45, 7) is 8.59. The lowest BCUT2D eigenvalue weighted by molar-refractivity contribution is 0.0448. The zero-order chi connectivity index (χ0) is 18.1. The Morgan fingerprint density at radius 1 is 1.32 bits per heavy atom. The number of hydrogen-bond donors (Lipinski definition) is 1. The van der Waals surface area contributed by atoms with Crippen molar-refractivity contribution in [2.75, 3.05) is 6.54 Å². The van der Waals surface area contributed by atoms with Crippen LogP contribution in [0.3, 0.4) is 0 Å². The summed E-state index contributed by atoms with van der Waals surface area (Å²) in [4.78, 5) is 31.2. The number of aromatic nitrogens is 2. The van der Waals surface area contributed by atoms with Gasteiger partial charge in [-0.3, -0.25) is 9.36 Å². The smallest absolute Gasteiger partial charge is 0.356 e. The van der Waals surface area contributed by atoms with Crippen LogP contribution in [0.4, 0.5) is 0 Å². The monoisotopic (exact) mass is 339 g/mol. The first-order chi connectivity index (χ1) is 11.7. The molecule has 0 aliphatic carbocycles. The van der Waals surface area contributed by atoms with Gasteiger partial charge in [0.2, 0.25) is 0 Å². The summed E-state index contributed by atoms with van der Waals surface area (Å²) in [6, 6.07) is 5.48. The van der Waals surface area contributed by atoms with E-state index in [0.717, 1.165) is 17.7 Å². The first-order valence-electron chi connectivity index (χ1n) is 8.49. The Kier molecular flexibility index (Phi) is 3.14. The Labute approximate surface area is 146 Å². The predicted octanol–water partition coefficient (Wildman–Crippen LogP) is 3.08. The van der Waals surface area contributed by atoms with E-state index in [4.69, 9.17) is 0 Å². The van der Waals surface area contributed by atoms with Crippen molar-refractivity contribution in [1.29, 1.82) is 0 Å². The number of rotatable bonds is 1. The Morgan fingerprint density at radius 2 is 2.04 bits per heavy atom. The van der Waals surface area contributed by atoms with E-state index in [-0.39, 0.29) is 23.1 Å². The van der Waals surface area contributed by atoms with E-state index in [2.05, 4.69) is 4.98 Å². The minimum atomic E-state index is -1.05. The van der Waals surface area contributed by atoms with Crippen molar-refractivity contribution < 1.29 is 14.7 Å². The molecule has 2 aliphatic rings. The number of carboxylic acids is 1. The number of imidazole rings is 1. The van der Waals surface area contributed by atoms with E-state index in [1.807, 2.05) is 50.5 Å². The van der Waals surface area contributed by atoms with Gasteiger partial charge in [0, 0.05) is 12.0 Å². The molecule has 1 fully saturated rings. The molecule has 6 heteroatoms. The number of carbonyl (C=O) groups is 2. The number of aromatic carboxylic acids is 1. The lowest BCUT2D eigenvalue weighted by atomic mass is 9.95. The van der Waals surface area contributed by atoms with Crippen LogP contribution in [0.1, 0.15) is 71.2 Å². The second-order valence-corrected chi connectivity index (χ2v) is 7.83. The second-order valence-electron chi connectivity index (χ2n) is 7.83. The van der Waals surface area contributed by atoms with Crippen molar-refractivity contribution in [1.82, 2.24) is 14.5 Å². The number of carboxylic acid groups (broad SMARTS) is 1. The molecule has 130 valence electrons. The standard InChI is InChI=1S/C19H21N3O3/c1-10-6-5-7-11-13(10)16(23)21-9-8-12(21)15-14(17(24)25)20-18(22(11)15)19(2,3)4/h5-7,12H,8-9H2,1-4H3,(H,24,25)/t12-/m0/s1. The molecule has 1 aromatic carbocycles. The molecule has 6 nitrogen and oxygen atoms in total. The highest BCUT2D eigenvalue weighted by atomic mass is 16.4. The maximum atomic E-state index is 13.1. The minimum Gasteiger partial charge on any atom is -0.476 e. The van der Waals surface area contributed by atoms with Crippen molar-refractivity contribution in [3.8, 4) is 5.69 Å². The molecule has 4 rings (SSSR count). The number of aryl methyl sites for hydroxylation is 1. The molecule has 0 saturated carbocycles. The largest absolute Gasteiger partial charge is 0.476 e. The lowest BCUT2D eigenvalue weighted by Gasteiger charge is -2.39. The molecule has 1 N–H and O–H groups in total. The van der Waals surface area contributed by atoms with Gasteiger partial charge in [0.1, 0.15) is 5.82 Å². The van der Waals surface area contributed by atoms with E-state index in [1.54, 1.807) is 4.90 Å². The van der Waals surface area contributed by atoms with Crippen LogP contribution in [-0.2, 0) is 5.41 Å². The number of amides is 1. The third-order valence-corrected chi connectivity index (χ3v) is 5.09. The van der Waals surface area contributed by atoms with Crippen LogP contribution in [0.25, 0.3) is 5.69 Å². The summed E-state index contributed by atoms with van der Waals surface area (Å²) in [6.07, 6.45) is 0.758. The molecule has 1 atom stereocenters. The van der Waals surface area contributed by atoms with Gasteiger partial charge in [-0.1, -0.05) is 32.9 Å². The molecule has 2 aromatic rings. The number of carbonyl (C=O) groups excluding carboxylic acids is 1. The highest BCUT2D eigenvalue weighted by Crippen LogP contribution is 2.44. The van der Waals surface area contributed by atoms with E-state index < -0.39 is 5.97 Å². The maximum absolute atomic E-state index is 13.1. The molecule has 1 amide bonds. The summed E-state index contributed by atoms with van der Waals surface area (Å²) >= 11 is 0. The molecule has 0 unspecified atom stereocenters. The van der Waals surface area contributed by atoms with Crippen molar-refractivity contribution in [2.24, 2.45) is 0 Å². The number of benzene rings is 1. The van der Waals surface area contributed by atoms with Gasteiger partial charge in [0.05, 0.1) is 23.0 Å². The molecular weight excluding hydrogens is 318 g/mol. The third-order valence-electron chi connectivity index (χ3n) is 5.09. The summed E-state index contributed by atoms with van der Waals surface area (Å²) in [7, 11) is 0. The van der Waals surface area contributed by atoms with Crippen LogP contribution in [0.15, 0.2) is 18.2 Å². The first kappa shape index (κ1) is 15.9. The number of fused-ring (bicyclic) bond motifs is 5. The molecule has 1 saturated heterocycles. The molecule has 3 heterocycles. The van der Waals surface area contributed by atoms with Crippen molar-refractivity contribution in [3.05, 3.63) is 46.5 Å². The molecule has 0 spiro atoms. The summed E-state index contributed by atoms with van der Waals surface area (Å²) in [5.74, 6) is -0.396. The van der Waals surface area contributed by atoms with E-state index in [9.17, 15) is 14.7 Å². The molecule has 2 aliphatic heterocycles. The number of hydrogen-bond acceptors (Lipinski definition) is 3. The fraction of sp³-hybridized carbons (Fsp3) is 0.421. The van der Waals surface area contributed by atoms with Crippen LogP contribution in [-0.4, -0.2) is 38.0 Å². The number of nitrogens with zero attached hydrogens (tertiary/aromatic N) is 3. The second kappa shape index (κ2) is 4.94. The van der Waals surface area contributed by atoms with E-state index >= 15 is 0 Å². The van der Waals surface area contributed by atoms with Crippen molar-refractivity contribution >= 4 is 11.9 Å². The summed E-state index contributed by atoms with van der Waals surface area (Å²) in [5.41, 5.74) is 2.60. The zero-order valence-electron chi connectivity index (χ0n) is 14.8. The van der Waals surface area contributed by atoms with Gasteiger partial charge in [-0.15, -0.1) is 0 Å². The average molecular weight is 339 g/mol. The maximum Gasteiger partial charge on any atom is 0.356 e. The molecule has 0 radical (unpaired) electrons. The third kappa shape index (κ3) is 2.06.